The second-order valence-electron chi connectivity index (χ2n) is 4.71. The maximum Gasteiger partial charge on any atom is 0.269 e. The fraction of sp³-hybridized carbons (Fsp3) is 0.385. The monoisotopic (exact) mass is 341 g/mol. The van der Waals surface area contributed by atoms with Crippen molar-refractivity contribution in [1.29, 1.82) is 0 Å². The Morgan fingerprint density at radius 2 is 2.32 bits per heavy atom. The van der Waals surface area contributed by atoms with Crippen LogP contribution in [-0.4, -0.2) is 16.3 Å². The van der Waals surface area contributed by atoms with Crippen molar-refractivity contribution < 1.29 is 0 Å². The minimum atomic E-state index is -0.0888. The van der Waals surface area contributed by atoms with Crippen LogP contribution in [0.5, 0.6) is 0 Å². The van der Waals surface area contributed by atoms with Gasteiger partial charge in [0.2, 0.25) is 0 Å². The minimum Gasteiger partial charge on any atom is -0.383 e. The molecule has 0 atom stereocenters. The highest BCUT2D eigenvalue weighted by Gasteiger charge is 2.05. The number of nitrogens with one attached hydrogen (secondary N) is 1. The Morgan fingerprint density at radius 1 is 1.53 bits per heavy atom. The SMILES string of the molecule is CC(C)CNc1cnn(Cc2sccc2Br)c(=O)c1. The van der Waals surface area contributed by atoms with Gasteiger partial charge in [0.15, 0.2) is 0 Å². The van der Waals surface area contributed by atoms with Gasteiger partial charge in [0.05, 0.1) is 18.4 Å². The number of halogens is 1. The third kappa shape index (κ3) is 3.91. The zero-order valence-electron chi connectivity index (χ0n) is 10.9. The molecule has 2 rings (SSSR count). The van der Waals surface area contributed by atoms with Gasteiger partial charge in [-0.25, -0.2) is 4.68 Å². The van der Waals surface area contributed by atoms with Crippen LogP contribution in [0.4, 0.5) is 5.69 Å². The molecular formula is C13H16BrN3OS. The van der Waals surface area contributed by atoms with Crippen LogP contribution in [0.3, 0.4) is 0 Å². The van der Waals surface area contributed by atoms with Crippen molar-refractivity contribution in [2.75, 3.05) is 11.9 Å². The zero-order valence-corrected chi connectivity index (χ0v) is 13.3. The maximum atomic E-state index is 12.0. The van der Waals surface area contributed by atoms with Gasteiger partial charge in [0, 0.05) is 22.0 Å². The molecular weight excluding hydrogens is 326 g/mol. The first-order chi connectivity index (χ1) is 9.06. The lowest BCUT2D eigenvalue weighted by Crippen LogP contribution is -2.23. The Hall–Kier alpha value is -1.14. The van der Waals surface area contributed by atoms with Crippen LogP contribution >= 0.6 is 27.3 Å². The quantitative estimate of drug-likeness (QED) is 0.908. The first-order valence-corrected chi connectivity index (χ1v) is 7.76. The van der Waals surface area contributed by atoms with Gasteiger partial charge in [-0.2, -0.15) is 5.10 Å². The van der Waals surface area contributed by atoms with Crippen molar-refractivity contribution in [3.8, 4) is 0 Å². The van der Waals surface area contributed by atoms with E-state index in [-0.39, 0.29) is 5.56 Å². The third-order valence-corrected chi connectivity index (χ3v) is 4.48. The van der Waals surface area contributed by atoms with E-state index in [0.717, 1.165) is 21.6 Å². The van der Waals surface area contributed by atoms with Crippen LogP contribution in [0.25, 0.3) is 0 Å². The highest BCUT2D eigenvalue weighted by molar-refractivity contribution is 9.10. The summed E-state index contributed by atoms with van der Waals surface area (Å²) in [6.45, 7) is 5.58. The summed E-state index contributed by atoms with van der Waals surface area (Å²) in [5.74, 6) is 0.532. The molecule has 2 aromatic rings. The van der Waals surface area contributed by atoms with Gasteiger partial charge in [0.1, 0.15) is 0 Å². The van der Waals surface area contributed by atoms with Crippen LogP contribution < -0.4 is 10.9 Å². The van der Waals surface area contributed by atoms with Crippen LogP contribution in [0.2, 0.25) is 0 Å². The average molecular weight is 342 g/mol. The predicted molar refractivity (Wildman–Crippen MR) is 82.9 cm³/mol. The molecule has 4 nitrogen and oxygen atoms in total. The molecule has 6 heteroatoms. The molecule has 0 aliphatic carbocycles. The molecule has 19 heavy (non-hydrogen) atoms. The largest absolute Gasteiger partial charge is 0.383 e. The smallest absolute Gasteiger partial charge is 0.269 e. The van der Waals surface area contributed by atoms with Crippen molar-refractivity contribution >= 4 is 33.0 Å². The van der Waals surface area contributed by atoms with E-state index >= 15 is 0 Å². The van der Waals surface area contributed by atoms with Gasteiger partial charge in [-0.05, 0) is 33.3 Å². The molecule has 0 saturated heterocycles. The van der Waals surface area contributed by atoms with Gasteiger partial charge in [-0.1, -0.05) is 13.8 Å². The standard InChI is InChI=1S/C13H16BrN3OS/c1-9(2)6-15-10-5-13(18)17(16-7-10)8-12-11(14)3-4-19-12/h3-5,7,9,15H,6,8H2,1-2H3. The molecule has 0 saturated carbocycles. The predicted octanol–water partition coefficient (Wildman–Crippen LogP) is 3.18. The maximum absolute atomic E-state index is 12.0. The van der Waals surface area contributed by atoms with Gasteiger partial charge < -0.3 is 5.32 Å². The first kappa shape index (κ1) is 14.3. The Morgan fingerprint density at radius 3 is 2.89 bits per heavy atom. The zero-order chi connectivity index (χ0) is 13.8. The van der Waals surface area contributed by atoms with Crippen molar-refractivity contribution in [1.82, 2.24) is 9.78 Å². The Balaban J connectivity index is 2.11. The van der Waals surface area contributed by atoms with Gasteiger partial charge in [-0.15, -0.1) is 11.3 Å². The van der Waals surface area contributed by atoms with Crippen LogP contribution in [-0.2, 0) is 6.54 Å². The normalized spacial score (nSPS) is 10.9. The van der Waals surface area contributed by atoms with E-state index in [2.05, 4.69) is 40.2 Å². The number of aromatic nitrogens is 2. The minimum absolute atomic E-state index is 0.0888. The Kier molecular flexibility index (Phi) is 4.76. The van der Waals surface area contributed by atoms with E-state index in [1.165, 1.54) is 4.68 Å². The summed E-state index contributed by atoms with van der Waals surface area (Å²) in [5, 5.41) is 9.39. The fourth-order valence-corrected chi connectivity index (χ4v) is 3.00. The lowest BCUT2D eigenvalue weighted by Gasteiger charge is -2.09. The average Bonchev–Trinajstić information content (AvgIpc) is 2.75. The summed E-state index contributed by atoms with van der Waals surface area (Å²) in [5.41, 5.74) is 0.689. The molecule has 2 heterocycles. The number of nitrogens with zero attached hydrogens (tertiary/aromatic N) is 2. The van der Waals surface area contributed by atoms with Crippen LogP contribution in [0, 0.1) is 5.92 Å². The van der Waals surface area contributed by atoms with E-state index in [0.29, 0.717) is 12.5 Å². The molecule has 0 aliphatic rings. The van der Waals surface area contributed by atoms with Crippen molar-refractivity contribution in [3.05, 3.63) is 43.4 Å². The van der Waals surface area contributed by atoms with E-state index in [4.69, 9.17) is 0 Å². The van der Waals surface area contributed by atoms with Crippen LogP contribution in [0.15, 0.2) is 33.0 Å². The summed E-state index contributed by atoms with van der Waals surface area (Å²) in [6.07, 6.45) is 1.70. The van der Waals surface area contributed by atoms with E-state index in [1.54, 1.807) is 23.6 Å². The van der Waals surface area contributed by atoms with Gasteiger partial charge in [-0.3, -0.25) is 4.79 Å². The highest BCUT2D eigenvalue weighted by Crippen LogP contribution is 2.22. The second kappa shape index (κ2) is 6.34. The molecule has 2 aromatic heterocycles. The summed E-state index contributed by atoms with van der Waals surface area (Å²) in [7, 11) is 0. The first-order valence-electron chi connectivity index (χ1n) is 6.09. The molecule has 0 bridgehead atoms. The summed E-state index contributed by atoms with van der Waals surface area (Å²) in [4.78, 5) is 13.1. The molecule has 0 radical (unpaired) electrons. The number of hydrogen-bond acceptors (Lipinski definition) is 4. The number of hydrogen-bond donors (Lipinski definition) is 1. The molecule has 0 aliphatic heterocycles. The molecule has 0 unspecified atom stereocenters. The summed E-state index contributed by atoms with van der Waals surface area (Å²) < 4.78 is 2.49. The Labute approximate surface area is 124 Å². The van der Waals surface area contributed by atoms with Crippen molar-refractivity contribution in [3.63, 3.8) is 0 Å². The van der Waals surface area contributed by atoms with Crippen molar-refractivity contribution in [2.24, 2.45) is 5.92 Å². The molecule has 0 aromatic carbocycles. The number of anilines is 1. The van der Waals surface area contributed by atoms with E-state index in [9.17, 15) is 4.79 Å². The van der Waals surface area contributed by atoms with Crippen molar-refractivity contribution in [2.45, 2.75) is 20.4 Å². The molecule has 0 amide bonds. The number of thiophene rings is 1. The van der Waals surface area contributed by atoms with Gasteiger partial charge >= 0.3 is 0 Å². The fourth-order valence-electron chi connectivity index (χ4n) is 1.54. The lowest BCUT2D eigenvalue weighted by molar-refractivity contribution is 0.642. The van der Waals surface area contributed by atoms with E-state index in [1.807, 2.05) is 11.4 Å². The van der Waals surface area contributed by atoms with Crippen LogP contribution in [0.1, 0.15) is 18.7 Å². The lowest BCUT2D eigenvalue weighted by atomic mass is 10.2. The third-order valence-electron chi connectivity index (χ3n) is 2.57. The Bertz CT molecular complexity index is 606. The molecule has 0 fully saturated rings. The van der Waals surface area contributed by atoms with Gasteiger partial charge in [0.25, 0.3) is 5.56 Å². The molecule has 102 valence electrons. The summed E-state index contributed by atoms with van der Waals surface area (Å²) >= 11 is 5.07. The second-order valence-corrected chi connectivity index (χ2v) is 6.56. The topological polar surface area (TPSA) is 46.9 Å². The van der Waals surface area contributed by atoms with E-state index < -0.39 is 0 Å². The highest BCUT2D eigenvalue weighted by atomic mass is 79.9. The number of rotatable bonds is 5. The molecule has 0 spiro atoms. The molecule has 1 N–H and O–H groups in total. The summed E-state index contributed by atoms with van der Waals surface area (Å²) in [6, 6.07) is 3.57.